The molecule has 33 heavy (non-hydrogen) atoms. The van der Waals surface area contributed by atoms with Crippen molar-refractivity contribution in [1.82, 2.24) is 0 Å². The normalized spacial score (nSPS) is 10.9. The first kappa shape index (κ1) is 24.3. The van der Waals surface area contributed by atoms with Crippen LogP contribution >= 0.6 is 34.2 Å². The maximum atomic E-state index is 12.5. The SMILES string of the molecule is Cc1ccc(NC(=O)/C(C#N)=C\c2ccc(OCc3ccc(C(=O)O)cc3)c(I)c2)cc1Cl. The molecule has 0 unspecified atom stereocenters. The van der Waals surface area contributed by atoms with Crippen molar-refractivity contribution in [3.8, 4) is 11.8 Å². The predicted octanol–water partition coefficient (Wildman–Crippen LogP) is 6.08. The standard InChI is InChI=1S/C25H18ClIN2O4/c1-15-2-8-20(12-21(15)26)29-24(30)19(13-28)10-17-5-9-23(22(27)11-17)33-14-16-3-6-18(7-4-16)25(31)32/h2-12H,14H2,1H3,(H,29,30)(H,31,32)/b19-10-. The molecule has 166 valence electrons. The van der Waals surface area contributed by atoms with Gasteiger partial charge in [-0.25, -0.2) is 4.79 Å². The first-order valence-corrected chi connectivity index (χ1v) is 11.2. The van der Waals surface area contributed by atoms with Gasteiger partial charge >= 0.3 is 5.97 Å². The van der Waals surface area contributed by atoms with Gasteiger partial charge in [-0.05, 0) is 88.7 Å². The fraction of sp³-hybridized carbons (Fsp3) is 0.0800. The summed E-state index contributed by atoms with van der Waals surface area (Å²) in [5.74, 6) is -0.876. The molecule has 6 nitrogen and oxygen atoms in total. The van der Waals surface area contributed by atoms with E-state index in [1.165, 1.54) is 18.2 Å². The fourth-order valence-electron chi connectivity index (χ4n) is 2.81. The molecule has 3 rings (SSSR count). The van der Waals surface area contributed by atoms with E-state index in [-0.39, 0.29) is 17.7 Å². The van der Waals surface area contributed by atoms with Gasteiger partial charge in [0, 0.05) is 10.7 Å². The Bertz CT molecular complexity index is 1280. The van der Waals surface area contributed by atoms with Crippen molar-refractivity contribution in [2.75, 3.05) is 5.32 Å². The number of carboxylic acids is 1. The molecule has 0 saturated carbocycles. The summed E-state index contributed by atoms with van der Waals surface area (Å²) >= 11 is 8.20. The lowest BCUT2D eigenvalue weighted by molar-refractivity contribution is -0.112. The van der Waals surface area contributed by atoms with Gasteiger partial charge in [0.2, 0.25) is 0 Å². The number of nitriles is 1. The number of hydrogen-bond donors (Lipinski definition) is 2. The van der Waals surface area contributed by atoms with Crippen LogP contribution in [-0.4, -0.2) is 17.0 Å². The largest absolute Gasteiger partial charge is 0.488 e. The van der Waals surface area contributed by atoms with Gasteiger partial charge in [-0.15, -0.1) is 0 Å². The molecular formula is C25H18ClIN2O4. The summed E-state index contributed by atoms with van der Waals surface area (Å²) in [7, 11) is 0. The molecular weight excluding hydrogens is 555 g/mol. The van der Waals surface area contributed by atoms with Gasteiger partial charge in [0.25, 0.3) is 5.91 Å². The maximum absolute atomic E-state index is 12.5. The number of anilines is 1. The zero-order valence-corrected chi connectivity index (χ0v) is 20.3. The number of carbonyl (C=O) groups excluding carboxylic acids is 1. The Morgan fingerprint density at radius 2 is 1.88 bits per heavy atom. The average molecular weight is 573 g/mol. The number of aryl methyl sites for hydroxylation is 1. The van der Waals surface area contributed by atoms with Gasteiger partial charge in [-0.1, -0.05) is 35.9 Å². The monoisotopic (exact) mass is 572 g/mol. The molecule has 3 aromatic rings. The number of nitrogens with zero attached hydrogens (tertiary/aromatic N) is 1. The van der Waals surface area contributed by atoms with E-state index in [2.05, 4.69) is 27.9 Å². The molecule has 0 spiro atoms. The number of ether oxygens (including phenoxy) is 1. The fourth-order valence-corrected chi connectivity index (χ4v) is 3.69. The van der Waals surface area contributed by atoms with Crippen LogP contribution in [0, 0.1) is 21.8 Å². The molecule has 0 bridgehead atoms. The van der Waals surface area contributed by atoms with Crippen LogP contribution in [0.5, 0.6) is 5.75 Å². The second-order valence-electron chi connectivity index (χ2n) is 7.07. The highest BCUT2D eigenvalue weighted by Crippen LogP contribution is 2.25. The number of rotatable bonds is 7. The van der Waals surface area contributed by atoms with Crippen LogP contribution in [0.1, 0.15) is 27.0 Å². The number of carboxylic acid groups (broad SMARTS) is 1. The summed E-state index contributed by atoms with van der Waals surface area (Å²) in [5, 5.41) is 21.6. The van der Waals surface area contributed by atoms with Crippen LogP contribution in [0.15, 0.2) is 66.2 Å². The minimum absolute atomic E-state index is 0.0466. The smallest absolute Gasteiger partial charge is 0.335 e. The third kappa shape index (κ3) is 6.57. The first-order valence-electron chi connectivity index (χ1n) is 9.70. The third-order valence-corrected chi connectivity index (χ3v) is 5.91. The van der Waals surface area contributed by atoms with Crippen LogP contribution in [0.3, 0.4) is 0 Å². The molecule has 0 heterocycles. The first-order chi connectivity index (χ1) is 15.8. The van der Waals surface area contributed by atoms with Crippen molar-refractivity contribution in [3.05, 3.63) is 97.1 Å². The molecule has 8 heteroatoms. The molecule has 3 aromatic carbocycles. The molecule has 0 saturated heterocycles. The summed E-state index contributed by atoms with van der Waals surface area (Å²) in [6.45, 7) is 2.13. The van der Waals surface area contributed by atoms with E-state index in [1.807, 2.05) is 13.0 Å². The van der Waals surface area contributed by atoms with Gasteiger partial charge in [0.05, 0.1) is 9.13 Å². The summed E-state index contributed by atoms with van der Waals surface area (Å²) in [6, 6.07) is 18.8. The number of aromatic carboxylic acids is 1. The Kier molecular flexibility index (Phi) is 8.09. The Morgan fingerprint density at radius 3 is 2.48 bits per heavy atom. The molecule has 1 amide bonds. The van der Waals surface area contributed by atoms with Crippen LogP contribution in [0.4, 0.5) is 5.69 Å². The Balaban J connectivity index is 1.69. The topological polar surface area (TPSA) is 99.4 Å². The van der Waals surface area contributed by atoms with Gasteiger partial charge in [0.1, 0.15) is 24.0 Å². The number of nitrogens with one attached hydrogen (secondary N) is 1. The number of halogens is 2. The van der Waals surface area contributed by atoms with Crippen LogP contribution < -0.4 is 10.1 Å². The lowest BCUT2D eigenvalue weighted by Crippen LogP contribution is -2.13. The van der Waals surface area contributed by atoms with Gasteiger partial charge in [-0.3, -0.25) is 4.79 Å². The lowest BCUT2D eigenvalue weighted by Gasteiger charge is -2.10. The summed E-state index contributed by atoms with van der Waals surface area (Å²) < 4.78 is 6.62. The highest BCUT2D eigenvalue weighted by atomic mass is 127. The molecule has 0 fully saturated rings. The van der Waals surface area contributed by atoms with E-state index in [4.69, 9.17) is 21.4 Å². The van der Waals surface area contributed by atoms with Crippen molar-refractivity contribution in [3.63, 3.8) is 0 Å². The highest BCUT2D eigenvalue weighted by molar-refractivity contribution is 14.1. The van der Waals surface area contributed by atoms with Gasteiger partial charge in [0.15, 0.2) is 0 Å². The zero-order valence-electron chi connectivity index (χ0n) is 17.4. The molecule has 0 atom stereocenters. The summed E-state index contributed by atoms with van der Waals surface area (Å²) in [5.41, 5.74) is 3.07. The number of benzene rings is 3. The van der Waals surface area contributed by atoms with Crippen LogP contribution in [-0.2, 0) is 11.4 Å². The van der Waals surface area contributed by atoms with Crippen molar-refractivity contribution in [2.45, 2.75) is 13.5 Å². The van der Waals surface area contributed by atoms with E-state index in [1.54, 1.807) is 48.5 Å². The van der Waals surface area contributed by atoms with Crippen LogP contribution in [0.25, 0.3) is 6.08 Å². The quantitative estimate of drug-likeness (QED) is 0.203. The van der Waals surface area contributed by atoms with Crippen molar-refractivity contribution in [1.29, 1.82) is 5.26 Å². The predicted molar refractivity (Wildman–Crippen MR) is 135 cm³/mol. The highest BCUT2D eigenvalue weighted by Gasteiger charge is 2.11. The van der Waals surface area contributed by atoms with E-state index < -0.39 is 11.9 Å². The average Bonchev–Trinajstić information content (AvgIpc) is 2.79. The summed E-state index contributed by atoms with van der Waals surface area (Å²) in [4.78, 5) is 23.5. The minimum atomic E-state index is -0.978. The number of amides is 1. The summed E-state index contributed by atoms with van der Waals surface area (Å²) in [6.07, 6.45) is 1.50. The van der Waals surface area contributed by atoms with E-state index in [9.17, 15) is 14.9 Å². The van der Waals surface area contributed by atoms with Crippen molar-refractivity contribution >= 4 is 57.8 Å². The van der Waals surface area contributed by atoms with Crippen molar-refractivity contribution < 1.29 is 19.4 Å². The van der Waals surface area contributed by atoms with Crippen LogP contribution in [0.2, 0.25) is 5.02 Å². The molecule has 0 radical (unpaired) electrons. The third-order valence-electron chi connectivity index (χ3n) is 4.66. The Labute approximate surface area is 209 Å². The molecule has 0 aromatic heterocycles. The van der Waals surface area contributed by atoms with E-state index >= 15 is 0 Å². The molecule has 0 aliphatic rings. The minimum Gasteiger partial charge on any atom is -0.488 e. The van der Waals surface area contributed by atoms with Crippen molar-refractivity contribution in [2.24, 2.45) is 0 Å². The maximum Gasteiger partial charge on any atom is 0.335 e. The van der Waals surface area contributed by atoms with E-state index in [0.717, 1.165) is 14.7 Å². The molecule has 0 aliphatic carbocycles. The number of hydrogen-bond acceptors (Lipinski definition) is 4. The number of carbonyl (C=O) groups is 2. The Morgan fingerprint density at radius 1 is 1.15 bits per heavy atom. The zero-order chi connectivity index (χ0) is 24.0. The lowest BCUT2D eigenvalue weighted by atomic mass is 10.1. The Hall–Kier alpha value is -3.35. The second kappa shape index (κ2) is 11.0. The second-order valence-corrected chi connectivity index (χ2v) is 8.64. The van der Waals surface area contributed by atoms with Gasteiger partial charge < -0.3 is 15.2 Å². The van der Waals surface area contributed by atoms with Gasteiger partial charge in [-0.2, -0.15) is 5.26 Å². The molecule has 0 aliphatic heterocycles. The van der Waals surface area contributed by atoms with E-state index in [0.29, 0.717) is 22.0 Å². The molecule has 2 N–H and O–H groups in total.